The molecule has 0 amide bonds. The number of nitrogens with one attached hydrogen (secondary N) is 1. The lowest BCUT2D eigenvalue weighted by Gasteiger charge is -2.15. The van der Waals surface area contributed by atoms with Gasteiger partial charge >= 0.3 is 0 Å². The quantitative estimate of drug-likeness (QED) is 0.609. The van der Waals surface area contributed by atoms with Gasteiger partial charge in [-0.15, -0.1) is 0 Å². The van der Waals surface area contributed by atoms with Gasteiger partial charge < -0.3 is 5.73 Å². The molecule has 3 rings (SSSR count). The number of aromatic nitrogens is 1. The Bertz CT molecular complexity index is 612. The second-order valence-electron chi connectivity index (χ2n) is 4.88. The Morgan fingerprint density at radius 3 is 2.76 bits per heavy atom. The molecule has 1 aliphatic carbocycles. The molecular weight excluding hydrogens is 210 g/mol. The minimum absolute atomic E-state index is 0.248. The van der Waals surface area contributed by atoms with Gasteiger partial charge in [0, 0.05) is 11.6 Å². The third-order valence-electron chi connectivity index (χ3n) is 3.64. The number of nitrogens with two attached hydrogens (primary N) is 1. The lowest BCUT2D eigenvalue weighted by molar-refractivity contribution is 0.882. The number of hydrogen-bond acceptors (Lipinski definition) is 2. The summed E-state index contributed by atoms with van der Waals surface area (Å²) in [6.45, 7) is 2.08. The average molecular weight is 225 g/mol. The summed E-state index contributed by atoms with van der Waals surface area (Å²) in [5.74, 6) is 0.248. The second kappa shape index (κ2) is 3.29. The van der Waals surface area contributed by atoms with Crippen molar-refractivity contribution < 1.29 is 0 Å². The zero-order chi connectivity index (χ0) is 12.0. The zero-order valence-corrected chi connectivity index (χ0v) is 9.83. The minimum atomic E-state index is -0.283. The fourth-order valence-corrected chi connectivity index (χ4v) is 2.44. The molecule has 3 N–H and O–H groups in total. The molecule has 17 heavy (non-hydrogen) atoms. The van der Waals surface area contributed by atoms with Crippen molar-refractivity contribution in [2.24, 2.45) is 5.73 Å². The molecule has 1 saturated carbocycles. The SMILES string of the molecule is Cc1ccc2c(C3(C(=N)N)CC3)nccc2c1. The number of hydrogen-bond donors (Lipinski definition) is 2. The van der Waals surface area contributed by atoms with Gasteiger partial charge in [0.25, 0.3) is 0 Å². The van der Waals surface area contributed by atoms with Crippen LogP contribution in [0.4, 0.5) is 0 Å². The molecule has 2 aromatic rings. The highest BCUT2D eigenvalue weighted by atomic mass is 14.8. The average Bonchev–Trinajstić information content (AvgIpc) is 3.09. The highest BCUT2D eigenvalue weighted by Crippen LogP contribution is 2.49. The summed E-state index contributed by atoms with van der Waals surface area (Å²) in [5, 5.41) is 10.1. The first kappa shape index (κ1) is 10.3. The van der Waals surface area contributed by atoms with E-state index in [0.29, 0.717) is 0 Å². The fourth-order valence-electron chi connectivity index (χ4n) is 2.44. The number of benzene rings is 1. The molecule has 1 aromatic carbocycles. The molecule has 0 radical (unpaired) electrons. The van der Waals surface area contributed by atoms with E-state index in [1.807, 2.05) is 12.3 Å². The van der Waals surface area contributed by atoms with Gasteiger partial charge in [-0.25, -0.2) is 0 Å². The van der Waals surface area contributed by atoms with E-state index in [9.17, 15) is 0 Å². The molecule has 0 unspecified atom stereocenters. The van der Waals surface area contributed by atoms with Crippen LogP contribution in [0.2, 0.25) is 0 Å². The van der Waals surface area contributed by atoms with Crippen LogP contribution in [0.5, 0.6) is 0 Å². The van der Waals surface area contributed by atoms with Crippen LogP contribution in [0.1, 0.15) is 24.1 Å². The molecule has 0 spiro atoms. The highest BCUT2D eigenvalue weighted by molar-refractivity contribution is 5.97. The van der Waals surface area contributed by atoms with Crippen molar-refractivity contribution in [1.29, 1.82) is 5.41 Å². The van der Waals surface area contributed by atoms with E-state index < -0.39 is 0 Å². The summed E-state index contributed by atoms with van der Waals surface area (Å²) in [6.07, 6.45) is 3.71. The molecule has 1 heterocycles. The van der Waals surface area contributed by atoms with Gasteiger partial charge in [-0.3, -0.25) is 10.4 Å². The van der Waals surface area contributed by atoms with E-state index in [4.69, 9.17) is 11.1 Å². The lowest BCUT2D eigenvalue weighted by atomic mass is 9.95. The van der Waals surface area contributed by atoms with Gasteiger partial charge in [0.2, 0.25) is 0 Å². The molecule has 0 atom stereocenters. The Hall–Kier alpha value is -1.90. The topological polar surface area (TPSA) is 62.8 Å². The third kappa shape index (κ3) is 1.42. The summed E-state index contributed by atoms with van der Waals surface area (Å²) < 4.78 is 0. The predicted molar refractivity (Wildman–Crippen MR) is 69.3 cm³/mol. The van der Waals surface area contributed by atoms with E-state index >= 15 is 0 Å². The van der Waals surface area contributed by atoms with Gasteiger partial charge in [-0.1, -0.05) is 23.8 Å². The molecular formula is C14H15N3. The van der Waals surface area contributed by atoms with Crippen molar-refractivity contribution in [1.82, 2.24) is 4.98 Å². The first-order chi connectivity index (χ1) is 8.13. The van der Waals surface area contributed by atoms with Crippen LogP contribution in [0, 0.1) is 12.3 Å². The summed E-state index contributed by atoms with van der Waals surface area (Å²) in [7, 11) is 0. The second-order valence-corrected chi connectivity index (χ2v) is 4.88. The van der Waals surface area contributed by atoms with E-state index in [2.05, 4.69) is 30.1 Å². The van der Waals surface area contributed by atoms with Crippen molar-refractivity contribution in [2.45, 2.75) is 25.2 Å². The molecule has 1 aliphatic rings. The smallest absolute Gasteiger partial charge is 0.103 e. The van der Waals surface area contributed by atoms with E-state index in [-0.39, 0.29) is 11.3 Å². The van der Waals surface area contributed by atoms with Crippen LogP contribution >= 0.6 is 0 Å². The molecule has 3 heteroatoms. The largest absolute Gasteiger partial charge is 0.387 e. The number of nitrogens with zero attached hydrogens (tertiary/aromatic N) is 1. The number of pyridine rings is 1. The van der Waals surface area contributed by atoms with Gasteiger partial charge in [0.1, 0.15) is 5.84 Å². The Balaban J connectivity index is 2.28. The highest BCUT2D eigenvalue weighted by Gasteiger charge is 2.49. The summed E-state index contributed by atoms with van der Waals surface area (Å²) in [6, 6.07) is 8.35. The molecule has 0 bridgehead atoms. The van der Waals surface area contributed by atoms with Crippen LogP contribution in [0.25, 0.3) is 10.8 Å². The van der Waals surface area contributed by atoms with Crippen LogP contribution in [-0.4, -0.2) is 10.8 Å². The first-order valence-electron chi connectivity index (χ1n) is 5.84. The molecule has 1 fully saturated rings. The molecule has 86 valence electrons. The van der Waals surface area contributed by atoms with Crippen LogP contribution in [-0.2, 0) is 5.41 Å². The van der Waals surface area contributed by atoms with Crippen LogP contribution in [0.3, 0.4) is 0 Å². The first-order valence-corrected chi connectivity index (χ1v) is 5.84. The molecule has 0 saturated heterocycles. The van der Waals surface area contributed by atoms with Gasteiger partial charge in [0.05, 0.1) is 11.1 Å². The fraction of sp³-hybridized carbons (Fsp3) is 0.286. The van der Waals surface area contributed by atoms with E-state index in [0.717, 1.165) is 23.9 Å². The Morgan fingerprint density at radius 1 is 1.35 bits per heavy atom. The van der Waals surface area contributed by atoms with Crippen molar-refractivity contribution in [3.05, 3.63) is 41.7 Å². The number of rotatable bonds is 2. The molecule has 0 aliphatic heterocycles. The summed E-state index contributed by atoms with van der Waals surface area (Å²) in [4.78, 5) is 4.47. The minimum Gasteiger partial charge on any atom is -0.387 e. The Labute approximate surface area is 100 Å². The third-order valence-corrected chi connectivity index (χ3v) is 3.64. The standard InChI is InChI=1S/C14H15N3/c1-9-2-3-11-10(8-9)4-7-17-12(11)14(5-6-14)13(15)16/h2-4,7-8H,5-6H2,1H3,(H3,15,16). The number of amidine groups is 1. The van der Waals surface area contributed by atoms with Crippen molar-refractivity contribution in [3.63, 3.8) is 0 Å². The van der Waals surface area contributed by atoms with Gasteiger partial charge in [-0.05, 0) is 31.2 Å². The van der Waals surface area contributed by atoms with Crippen molar-refractivity contribution in [2.75, 3.05) is 0 Å². The number of fused-ring (bicyclic) bond motifs is 1. The van der Waals surface area contributed by atoms with Crippen LogP contribution in [0.15, 0.2) is 30.5 Å². The van der Waals surface area contributed by atoms with Crippen molar-refractivity contribution >= 4 is 16.6 Å². The summed E-state index contributed by atoms with van der Waals surface area (Å²) >= 11 is 0. The monoisotopic (exact) mass is 225 g/mol. The predicted octanol–water partition coefficient (Wildman–Crippen LogP) is 2.51. The van der Waals surface area contributed by atoms with E-state index in [1.54, 1.807) is 0 Å². The van der Waals surface area contributed by atoms with Crippen LogP contribution < -0.4 is 5.73 Å². The maximum absolute atomic E-state index is 7.75. The molecule has 3 nitrogen and oxygen atoms in total. The maximum atomic E-state index is 7.75. The zero-order valence-electron chi connectivity index (χ0n) is 9.83. The maximum Gasteiger partial charge on any atom is 0.103 e. The Kier molecular flexibility index (Phi) is 1.99. The number of aryl methyl sites for hydroxylation is 1. The Morgan fingerprint density at radius 2 is 2.12 bits per heavy atom. The normalized spacial score (nSPS) is 17.0. The van der Waals surface area contributed by atoms with Gasteiger partial charge in [-0.2, -0.15) is 0 Å². The van der Waals surface area contributed by atoms with Gasteiger partial charge in [0.15, 0.2) is 0 Å². The lowest BCUT2D eigenvalue weighted by Crippen LogP contribution is -2.28. The van der Waals surface area contributed by atoms with E-state index in [1.165, 1.54) is 10.9 Å². The van der Waals surface area contributed by atoms with Crippen molar-refractivity contribution in [3.8, 4) is 0 Å². The summed E-state index contributed by atoms with van der Waals surface area (Å²) in [5.41, 5.74) is 7.66. The molecule has 1 aromatic heterocycles.